The van der Waals surface area contributed by atoms with Crippen LogP contribution in [0, 0.1) is 5.92 Å². The van der Waals surface area contributed by atoms with E-state index in [4.69, 9.17) is 0 Å². The van der Waals surface area contributed by atoms with Gasteiger partial charge in [-0.25, -0.2) is 0 Å². The number of fused-ring (bicyclic) bond motifs is 2. The molecule has 1 N–H and O–H groups in total. The highest BCUT2D eigenvalue weighted by Crippen LogP contribution is 2.63. The molecule has 2 aliphatic carbocycles. The summed E-state index contributed by atoms with van der Waals surface area (Å²) >= 11 is 0. The summed E-state index contributed by atoms with van der Waals surface area (Å²) in [6.07, 6.45) is 0. The zero-order valence-corrected chi connectivity index (χ0v) is 7.54. The number of nitrogens with one attached hydrogen (secondary N) is 1. The highest BCUT2D eigenvalue weighted by molar-refractivity contribution is 5.68. The number of piperazine rings is 1. The smallest absolute Gasteiger partial charge is 0.0527 e. The van der Waals surface area contributed by atoms with Gasteiger partial charge in [0, 0.05) is 6.54 Å². The molecule has 0 radical (unpaired) electrons. The summed E-state index contributed by atoms with van der Waals surface area (Å²) in [5, 5.41) is 3.65. The van der Waals surface area contributed by atoms with Gasteiger partial charge in [0.2, 0.25) is 0 Å². The van der Waals surface area contributed by atoms with Gasteiger partial charge >= 0.3 is 0 Å². The lowest BCUT2D eigenvalue weighted by Gasteiger charge is -2.26. The second-order valence-electron chi connectivity index (χ2n) is 5.01. The lowest BCUT2D eigenvalue weighted by atomic mass is 10.2. The Kier molecular flexibility index (Phi) is 0.776. The molecule has 2 nitrogen and oxygen atoms in total. The Morgan fingerprint density at radius 3 is 2.25 bits per heavy atom. The number of nitrogens with zero attached hydrogens (tertiary/aromatic N) is 1. The van der Waals surface area contributed by atoms with Crippen LogP contribution in [0.1, 0.15) is 13.8 Å². The Hall–Kier alpha value is -0.340. The molecule has 2 saturated carbocycles. The molecular weight excluding hydrogens is 148 g/mol. The van der Waals surface area contributed by atoms with Crippen LogP contribution in [0.2, 0.25) is 0 Å². The first-order valence-corrected chi connectivity index (χ1v) is 5.04. The molecule has 0 amide bonds. The van der Waals surface area contributed by atoms with Crippen LogP contribution < -0.4 is 5.32 Å². The fraction of sp³-hybridized carbons (Fsp3) is 0.800. The summed E-state index contributed by atoms with van der Waals surface area (Å²) in [6.45, 7) is 5.94. The van der Waals surface area contributed by atoms with Crippen LogP contribution in [-0.2, 0) is 0 Å². The third-order valence-electron chi connectivity index (χ3n) is 3.70. The van der Waals surface area contributed by atoms with Crippen molar-refractivity contribution in [2.75, 3.05) is 6.54 Å². The molecule has 0 spiro atoms. The van der Waals surface area contributed by atoms with Crippen LogP contribution in [0.25, 0.3) is 0 Å². The standard InChI is InChI=1S/C10H14N2/c1-4(2)3-12-9-5-6-8(10(6)12)11-7(5)9/h4,7-11H,3H2,1-2H3. The topological polar surface area (TPSA) is 15.3 Å². The molecule has 2 heterocycles. The van der Waals surface area contributed by atoms with Gasteiger partial charge in [0.15, 0.2) is 0 Å². The van der Waals surface area contributed by atoms with Gasteiger partial charge in [-0.3, -0.25) is 4.90 Å². The van der Waals surface area contributed by atoms with Crippen LogP contribution in [0.15, 0.2) is 11.1 Å². The Morgan fingerprint density at radius 2 is 1.83 bits per heavy atom. The third kappa shape index (κ3) is 0.461. The molecule has 12 heavy (non-hydrogen) atoms. The van der Waals surface area contributed by atoms with E-state index in [-0.39, 0.29) is 0 Å². The Labute approximate surface area is 72.6 Å². The van der Waals surface area contributed by atoms with Crippen molar-refractivity contribution in [2.45, 2.75) is 38.0 Å². The van der Waals surface area contributed by atoms with Gasteiger partial charge in [-0.1, -0.05) is 13.8 Å². The van der Waals surface area contributed by atoms with Crippen molar-refractivity contribution < 1.29 is 0 Å². The number of hydrogen-bond donors (Lipinski definition) is 1. The van der Waals surface area contributed by atoms with E-state index in [1.807, 2.05) is 0 Å². The Morgan fingerprint density at radius 1 is 1.25 bits per heavy atom. The fourth-order valence-electron chi connectivity index (χ4n) is 3.32. The van der Waals surface area contributed by atoms with Crippen molar-refractivity contribution >= 4 is 0 Å². The predicted molar refractivity (Wildman–Crippen MR) is 46.9 cm³/mol. The van der Waals surface area contributed by atoms with Crippen LogP contribution in [0.3, 0.4) is 0 Å². The zero-order valence-electron chi connectivity index (χ0n) is 7.54. The van der Waals surface area contributed by atoms with Crippen LogP contribution in [-0.4, -0.2) is 35.6 Å². The fourth-order valence-corrected chi connectivity index (χ4v) is 3.32. The minimum atomic E-state index is 0.800. The van der Waals surface area contributed by atoms with E-state index in [1.54, 1.807) is 11.1 Å². The number of rotatable bonds is 2. The first-order valence-electron chi connectivity index (χ1n) is 5.04. The van der Waals surface area contributed by atoms with Crippen LogP contribution in [0.5, 0.6) is 0 Å². The largest absolute Gasteiger partial charge is 0.300 e. The summed E-state index contributed by atoms with van der Waals surface area (Å²) in [5.41, 5.74) is 3.57. The van der Waals surface area contributed by atoms with E-state index in [2.05, 4.69) is 24.1 Å². The van der Waals surface area contributed by atoms with Gasteiger partial charge in [-0.15, -0.1) is 0 Å². The van der Waals surface area contributed by atoms with Gasteiger partial charge in [0.25, 0.3) is 0 Å². The van der Waals surface area contributed by atoms with Crippen molar-refractivity contribution in [1.82, 2.24) is 10.2 Å². The van der Waals surface area contributed by atoms with E-state index < -0.39 is 0 Å². The molecule has 4 rings (SSSR count). The van der Waals surface area contributed by atoms with E-state index >= 15 is 0 Å². The minimum Gasteiger partial charge on any atom is -0.300 e. The summed E-state index contributed by atoms with van der Waals surface area (Å²) < 4.78 is 0. The minimum absolute atomic E-state index is 0.800. The first kappa shape index (κ1) is 6.17. The summed E-state index contributed by atoms with van der Waals surface area (Å²) in [7, 11) is 0. The van der Waals surface area contributed by atoms with Crippen LogP contribution in [0.4, 0.5) is 0 Å². The molecular formula is C10H14N2. The molecule has 0 aromatic heterocycles. The van der Waals surface area contributed by atoms with Crippen LogP contribution >= 0.6 is 0 Å². The van der Waals surface area contributed by atoms with Crippen molar-refractivity contribution in [1.29, 1.82) is 0 Å². The van der Waals surface area contributed by atoms with E-state index in [0.29, 0.717) is 0 Å². The molecule has 0 aromatic rings. The molecule has 64 valence electrons. The van der Waals surface area contributed by atoms with Gasteiger partial charge in [0.05, 0.1) is 24.2 Å². The maximum atomic E-state index is 3.65. The summed E-state index contributed by atoms with van der Waals surface area (Å²) in [6, 6.07) is 3.29. The lowest BCUT2D eigenvalue weighted by Crippen LogP contribution is -2.44. The SMILES string of the molecule is CC(C)CN1C2C3=C4C(NC32)C41. The lowest BCUT2D eigenvalue weighted by molar-refractivity contribution is 0.202. The summed E-state index contributed by atoms with van der Waals surface area (Å²) in [4.78, 5) is 2.72. The van der Waals surface area contributed by atoms with E-state index in [1.165, 1.54) is 6.54 Å². The maximum absolute atomic E-state index is 3.65. The molecule has 4 unspecified atom stereocenters. The highest BCUT2D eigenvalue weighted by Gasteiger charge is 2.74. The maximum Gasteiger partial charge on any atom is 0.0527 e. The average Bonchev–Trinajstić information content (AvgIpc) is 2.81. The normalized spacial score (nSPS) is 52.2. The zero-order chi connectivity index (χ0) is 8.03. The highest BCUT2D eigenvalue weighted by atomic mass is 15.4. The van der Waals surface area contributed by atoms with Crippen molar-refractivity contribution in [3.63, 3.8) is 0 Å². The molecule has 2 aliphatic heterocycles. The molecule has 0 bridgehead atoms. The van der Waals surface area contributed by atoms with Crippen molar-refractivity contribution in [3.05, 3.63) is 11.1 Å². The van der Waals surface area contributed by atoms with Crippen molar-refractivity contribution in [3.8, 4) is 0 Å². The molecule has 4 aliphatic rings. The van der Waals surface area contributed by atoms with Gasteiger partial charge in [-0.05, 0) is 17.1 Å². The molecule has 4 atom stereocenters. The Balaban J connectivity index is 1.65. The number of hydrogen-bond acceptors (Lipinski definition) is 2. The average molecular weight is 162 g/mol. The van der Waals surface area contributed by atoms with Gasteiger partial charge < -0.3 is 5.32 Å². The Bertz CT molecular complexity index is 281. The monoisotopic (exact) mass is 162 g/mol. The quantitative estimate of drug-likeness (QED) is 0.590. The van der Waals surface area contributed by atoms with E-state index in [9.17, 15) is 0 Å². The van der Waals surface area contributed by atoms with E-state index in [0.717, 1.165) is 30.1 Å². The molecule has 0 aromatic carbocycles. The molecule has 0 saturated heterocycles. The van der Waals surface area contributed by atoms with Gasteiger partial charge in [0.1, 0.15) is 0 Å². The van der Waals surface area contributed by atoms with Crippen molar-refractivity contribution in [2.24, 2.45) is 5.92 Å². The second kappa shape index (κ2) is 1.51. The molecule has 2 fully saturated rings. The second-order valence-corrected chi connectivity index (χ2v) is 5.01. The third-order valence-corrected chi connectivity index (χ3v) is 3.70. The summed E-state index contributed by atoms with van der Waals surface area (Å²) in [5.74, 6) is 0.825. The van der Waals surface area contributed by atoms with Gasteiger partial charge in [-0.2, -0.15) is 0 Å². The molecule has 2 heteroatoms. The predicted octanol–water partition coefficient (Wildman–Crippen LogP) is 0.359. The first-order chi connectivity index (χ1) is 5.79.